The first kappa shape index (κ1) is 16.9. The fourth-order valence-corrected chi connectivity index (χ4v) is 2.22. The van der Waals surface area contributed by atoms with Crippen LogP contribution in [0.4, 0.5) is 5.69 Å². The van der Waals surface area contributed by atoms with Crippen LogP contribution in [-0.4, -0.2) is 30.5 Å². The van der Waals surface area contributed by atoms with Gasteiger partial charge in [0.25, 0.3) is 5.91 Å². The average molecular weight is 294 g/mol. The summed E-state index contributed by atoms with van der Waals surface area (Å²) >= 11 is 1.83. The molecule has 0 aromatic heterocycles. The third-order valence-electron chi connectivity index (χ3n) is 3.22. The normalized spacial score (nSPS) is 12.0. The Hall–Kier alpha value is -1.16. The first-order valence-corrected chi connectivity index (χ1v) is 8.52. The van der Waals surface area contributed by atoms with Crippen LogP contribution in [0.3, 0.4) is 0 Å². The van der Waals surface area contributed by atoms with Crippen LogP contribution in [0, 0.1) is 6.92 Å². The summed E-state index contributed by atoms with van der Waals surface area (Å²) < 4.78 is 0. The molecular weight excluding hydrogens is 268 g/mol. The maximum atomic E-state index is 12.3. The van der Waals surface area contributed by atoms with Crippen molar-refractivity contribution in [3.63, 3.8) is 0 Å². The van der Waals surface area contributed by atoms with Crippen molar-refractivity contribution in [3.8, 4) is 0 Å². The number of amides is 1. The minimum Gasteiger partial charge on any atom is -0.384 e. The lowest BCUT2D eigenvalue weighted by Crippen LogP contribution is -2.27. The molecule has 0 aliphatic heterocycles. The van der Waals surface area contributed by atoms with E-state index in [4.69, 9.17) is 0 Å². The third kappa shape index (κ3) is 5.45. The Morgan fingerprint density at radius 1 is 1.35 bits per heavy atom. The lowest BCUT2D eigenvalue weighted by atomic mass is 10.1. The van der Waals surface area contributed by atoms with Crippen molar-refractivity contribution in [1.82, 2.24) is 5.32 Å². The zero-order chi connectivity index (χ0) is 15.0. The SMILES string of the molecule is CCCNc1ccc(C)cc1C(=O)NCCC(C)SC. The molecule has 0 saturated carbocycles. The molecule has 1 atom stereocenters. The highest BCUT2D eigenvalue weighted by Crippen LogP contribution is 2.17. The smallest absolute Gasteiger partial charge is 0.253 e. The van der Waals surface area contributed by atoms with Crippen LogP contribution >= 0.6 is 11.8 Å². The van der Waals surface area contributed by atoms with Crippen molar-refractivity contribution in [2.45, 2.75) is 38.9 Å². The molecule has 1 rings (SSSR count). The van der Waals surface area contributed by atoms with Crippen molar-refractivity contribution >= 4 is 23.4 Å². The Balaban J connectivity index is 2.67. The molecule has 0 fully saturated rings. The molecule has 0 saturated heterocycles. The van der Waals surface area contributed by atoms with Crippen LogP contribution in [0.15, 0.2) is 18.2 Å². The number of thioether (sulfide) groups is 1. The standard InChI is InChI=1S/C16H26N2OS/c1-5-9-17-15-7-6-12(2)11-14(15)16(19)18-10-8-13(3)20-4/h6-7,11,13,17H,5,8-10H2,1-4H3,(H,18,19). The summed E-state index contributed by atoms with van der Waals surface area (Å²) in [5.41, 5.74) is 2.78. The summed E-state index contributed by atoms with van der Waals surface area (Å²) in [6.45, 7) is 7.91. The molecule has 1 aromatic carbocycles. The second-order valence-corrected chi connectivity index (χ2v) is 6.34. The van der Waals surface area contributed by atoms with E-state index < -0.39 is 0 Å². The Bertz CT molecular complexity index is 434. The predicted octanol–water partition coefficient (Wildman–Crippen LogP) is 3.69. The van der Waals surface area contributed by atoms with Gasteiger partial charge in [-0.1, -0.05) is 25.5 Å². The van der Waals surface area contributed by atoms with E-state index in [1.807, 2.05) is 36.9 Å². The number of hydrogen-bond donors (Lipinski definition) is 2. The van der Waals surface area contributed by atoms with Crippen molar-refractivity contribution in [2.24, 2.45) is 0 Å². The lowest BCUT2D eigenvalue weighted by Gasteiger charge is -2.13. The van der Waals surface area contributed by atoms with E-state index in [1.165, 1.54) is 0 Å². The molecule has 0 aliphatic rings. The van der Waals surface area contributed by atoms with Gasteiger partial charge in [0.2, 0.25) is 0 Å². The zero-order valence-corrected chi connectivity index (χ0v) is 13.8. The molecule has 0 bridgehead atoms. The molecule has 4 heteroatoms. The Morgan fingerprint density at radius 3 is 2.75 bits per heavy atom. The van der Waals surface area contributed by atoms with E-state index >= 15 is 0 Å². The second kappa shape index (κ2) is 8.90. The highest BCUT2D eigenvalue weighted by atomic mass is 32.2. The molecule has 1 unspecified atom stereocenters. The summed E-state index contributed by atoms with van der Waals surface area (Å²) in [5.74, 6) is 0.0145. The zero-order valence-electron chi connectivity index (χ0n) is 13.0. The number of anilines is 1. The van der Waals surface area contributed by atoms with Gasteiger partial charge in [0, 0.05) is 24.0 Å². The van der Waals surface area contributed by atoms with Gasteiger partial charge in [0.15, 0.2) is 0 Å². The van der Waals surface area contributed by atoms with E-state index in [9.17, 15) is 4.79 Å². The highest BCUT2D eigenvalue weighted by Gasteiger charge is 2.11. The van der Waals surface area contributed by atoms with Crippen LogP contribution in [0.2, 0.25) is 0 Å². The number of carbonyl (C=O) groups excluding carboxylic acids is 1. The highest BCUT2D eigenvalue weighted by molar-refractivity contribution is 7.99. The first-order valence-electron chi connectivity index (χ1n) is 7.24. The molecule has 3 nitrogen and oxygen atoms in total. The van der Waals surface area contributed by atoms with Gasteiger partial charge in [0.1, 0.15) is 0 Å². The topological polar surface area (TPSA) is 41.1 Å². The van der Waals surface area contributed by atoms with Gasteiger partial charge < -0.3 is 10.6 Å². The summed E-state index contributed by atoms with van der Waals surface area (Å²) in [4.78, 5) is 12.3. The number of aryl methyl sites for hydroxylation is 1. The van der Waals surface area contributed by atoms with Gasteiger partial charge in [-0.15, -0.1) is 0 Å². The molecule has 0 aliphatic carbocycles. The molecule has 0 radical (unpaired) electrons. The minimum absolute atomic E-state index is 0.0145. The first-order chi connectivity index (χ1) is 9.58. The number of hydrogen-bond acceptors (Lipinski definition) is 3. The number of benzene rings is 1. The van der Waals surface area contributed by atoms with Crippen LogP contribution < -0.4 is 10.6 Å². The van der Waals surface area contributed by atoms with Crippen molar-refractivity contribution in [1.29, 1.82) is 0 Å². The van der Waals surface area contributed by atoms with Crippen LogP contribution in [-0.2, 0) is 0 Å². The van der Waals surface area contributed by atoms with Gasteiger partial charge in [-0.05, 0) is 38.2 Å². The fourth-order valence-electron chi connectivity index (χ4n) is 1.86. The maximum absolute atomic E-state index is 12.3. The number of rotatable bonds is 8. The molecule has 1 aromatic rings. The van der Waals surface area contributed by atoms with Crippen LogP contribution in [0.5, 0.6) is 0 Å². The van der Waals surface area contributed by atoms with Gasteiger partial charge in [0.05, 0.1) is 5.56 Å². The quantitative estimate of drug-likeness (QED) is 0.768. The summed E-state index contributed by atoms with van der Waals surface area (Å²) in [5, 5.41) is 6.91. The Labute approximate surface area is 126 Å². The molecule has 2 N–H and O–H groups in total. The van der Waals surface area contributed by atoms with E-state index in [0.717, 1.165) is 42.7 Å². The molecule has 0 spiro atoms. The molecular formula is C16H26N2OS. The monoisotopic (exact) mass is 294 g/mol. The fraction of sp³-hybridized carbons (Fsp3) is 0.562. The summed E-state index contributed by atoms with van der Waals surface area (Å²) in [6, 6.07) is 5.97. The van der Waals surface area contributed by atoms with Crippen molar-refractivity contribution in [3.05, 3.63) is 29.3 Å². The van der Waals surface area contributed by atoms with E-state index in [2.05, 4.69) is 30.7 Å². The van der Waals surface area contributed by atoms with Crippen molar-refractivity contribution < 1.29 is 4.79 Å². The van der Waals surface area contributed by atoms with Gasteiger partial charge in [-0.2, -0.15) is 11.8 Å². The van der Waals surface area contributed by atoms with Gasteiger partial charge in [-0.25, -0.2) is 0 Å². The molecule has 1 amide bonds. The van der Waals surface area contributed by atoms with E-state index in [0.29, 0.717) is 5.25 Å². The third-order valence-corrected chi connectivity index (χ3v) is 4.26. The Morgan fingerprint density at radius 2 is 2.10 bits per heavy atom. The number of nitrogens with one attached hydrogen (secondary N) is 2. The predicted molar refractivity (Wildman–Crippen MR) is 89.9 cm³/mol. The molecule has 0 heterocycles. The van der Waals surface area contributed by atoms with Crippen molar-refractivity contribution in [2.75, 3.05) is 24.7 Å². The van der Waals surface area contributed by atoms with Gasteiger partial charge in [-0.3, -0.25) is 4.79 Å². The average Bonchev–Trinajstić information content (AvgIpc) is 2.45. The van der Waals surface area contributed by atoms with Crippen LogP contribution in [0.1, 0.15) is 42.6 Å². The lowest BCUT2D eigenvalue weighted by molar-refractivity contribution is 0.0954. The van der Waals surface area contributed by atoms with Crippen LogP contribution in [0.25, 0.3) is 0 Å². The Kier molecular flexibility index (Phi) is 7.52. The molecule has 20 heavy (non-hydrogen) atoms. The van der Waals surface area contributed by atoms with E-state index in [1.54, 1.807) is 0 Å². The molecule has 112 valence electrons. The summed E-state index contributed by atoms with van der Waals surface area (Å²) in [6.07, 6.45) is 4.14. The second-order valence-electron chi connectivity index (χ2n) is 5.07. The maximum Gasteiger partial charge on any atom is 0.253 e. The van der Waals surface area contributed by atoms with Gasteiger partial charge >= 0.3 is 0 Å². The number of carbonyl (C=O) groups is 1. The summed E-state index contributed by atoms with van der Waals surface area (Å²) in [7, 11) is 0. The minimum atomic E-state index is 0.0145. The van der Waals surface area contributed by atoms with E-state index in [-0.39, 0.29) is 5.91 Å². The largest absolute Gasteiger partial charge is 0.384 e.